The van der Waals surface area contributed by atoms with Gasteiger partial charge in [0.05, 0.1) is 18.6 Å². The minimum absolute atomic E-state index is 0.164. The molecule has 1 aromatic rings. The number of aliphatic carboxylic acids is 1. The summed E-state index contributed by atoms with van der Waals surface area (Å²) < 4.78 is 7.05. The Morgan fingerprint density at radius 2 is 2.33 bits per heavy atom. The number of carbonyl (C=O) groups is 1. The Labute approximate surface area is 105 Å². The molecular weight excluding hydrogens is 236 g/mol. The summed E-state index contributed by atoms with van der Waals surface area (Å²) in [5, 5.41) is 20.7. The van der Waals surface area contributed by atoms with Gasteiger partial charge in [0, 0.05) is 12.5 Å². The number of aromatic nitrogens is 4. The van der Waals surface area contributed by atoms with E-state index in [-0.39, 0.29) is 12.0 Å². The number of tetrazole rings is 1. The maximum atomic E-state index is 11.0. The molecule has 1 N–H and O–H groups in total. The fourth-order valence-corrected chi connectivity index (χ4v) is 2.12. The van der Waals surface area contributed by atoms with Crippen LogP contribution in [0.25, 0.3) is 0 Å². The summed E-state index contributed by atoms with van der Waals surface area (Å²) in [4.78, 5) is 11.0. The van der Waals surface area contributed by atoms with Gasteiger partial charge in [0.2, 0.25) is 0 Å². The second kappa shape index (κ2) is 5.43. The summed E-state index contributed by atoms with van der Waals surface area (Å²) in [5.74, 6) is -0.479. The molecule has 0 radical (unpaired) electrons. The van der Waals surface area contributed by atoms with Gasteiger partial charge in [0.25, 0.3) is 0 Å². The van der Waals surface area contributed by atoms with Crippen LogP contribution in [0.4, 0.5) is 0 Å². The second-order valence-corrected chi connectivity index (χ2v) is 4.76. The van der Waals surface area contributed by atoms with Gasteiger partial charge >= 0.3 is 5.97 Å². The van der Waals surface area contributed by atoms with Gasteiger partial charge in [-0.3, -0.25) is 4.79 Å². The van der Waals surface area contributed by atoms with Gasteiger partial charge in [-0.15, -0.1) is 5.10 Å². The Morgan fingerprint density at radius 3 is 2.94 bits per heavy atom. The first-order valence-corrected chi connectivity index (χ1v) is 6.19. The molecule has 3 atom stereocenters. The number of carboxylic acids is 1. The lowest BCUT2D eigenvalue weighted by molar-refractivity contribution is -0.142. The van der Waals surface area contributed by atoms with E-state index in [0.717, 1.165) is 25.3 Å². The molecule has 0 spiro atoms. The molecule has 100 valence electrons. The third-order valence-corrected chi connectivity index (χ3v) is 3.54. The molecule has 3 unspecified atom stereocenters. The molecule has 1 saturated heterocycles. The van der Waals surface area contributed by atoms with E-state index in [0.29, 0.717) is 6.61 Å². The lowest BCUT2D eigenvalue weighted by Gasteiger charge is -2.24. The zero-order valence-corrected chi connectivity index (χ0v) is 10.6. The average Bonchev–Trinajstić information content (AvgIpc) is 2.87. The molecule has 1 fully saturated rings. The molecule has 0 amide bonds. The fourth-order valence-electron chi connectivity index (χ4n) is 2.12. The van der Waals surface area contributed by atoms with Crippen molar-refractivity contribution in [1.82, 2.24) is 20.2 Å². The van der Waals surface area contributed by atoms with Gasteiger partial charge in [-0.2, -0.15) is 0 Å². The summed E-state index contributed by atoms with van der Waals surface area (Å²) in [6.45, 7) is 4.87. The Kier molecular flexibility index (Phi) is 3.90. The predicted molar refractivity (Wildman–Crippen MR) is 62.1 cm³/mol. The highest BCUT2D eigenvalue weighted by Crippen LogP contribution is 2.26. The predicted octanol–water partition coefficient (Wildman–Crippen LogP) is 0.849. The van der Waals surface area contributed by atoms with Crippen molar-refractivity contribution in [1.29, 1.82) is 0 Å². The quantitative estimate of drug-likeness (QED) is 0.856. The van der Waals surface area contributed by atoms with Crippen molar-refractivity contribution in [2.75, 3.05) is 13.2 Å². The second-order valence-electron chi connectivity index (χ2n) is 4.76. The van der Waals surface area contributed by atoms with Crippen LogP contribution in [0.2, 0.25) is 0 Å². The standard InChI is InChI=1S/C11H18N4O3/c1-7(11(16)17)8(2)15-10(12-13-14-15)9-4-3-5-18-6-9/h7-9H,3-6H2,1-2H3,(H,16,17). The Bertz CT molecular complexity index is 414. The normalized spacial score (nSPS) is 23.6. The van der Waals surface area contributed by atoms with E-state index in [1.54, 1.807) is 11.6 Å². The van der Waals surface area contributed by atoms with E-state index >= 15 is 0 Å². The molecule has 1 aliphatic rings. The van der Waals surface area contributed by atoms with Gasteiger partial charge < -0.3 is 9.84 Å². The number of hydrogen-bond acceptors (Lipinski definition) is 5. The molecule has 18 heavy (non-hydrogen) atoms. The van der Waals surface area contributed by atoms with E-state index < -0.39 is 11.9 Å². The average molecular weight is 254 g/mol. The molecular formula is C11H18N4O3. The Balaban J connectivity index is 2.18. The maximum Gasteiger partial charge on any atom is 0.308 e. The summed E-state index contributed by atoms with van der Waals surface area (Å²) in [6, 6.07) is -0.269. The number of nitrogens with zero attached hydrogens (tertiary/aromatic N) is 4. The van der Waals surface area contributed by atoms with Crippen LogP contribution < -0.4 is 0 Å². The van der Waals surface area contributed by atoms with Crippen molar-refractivity contribution in [3.8, 4) is 0 Å². The summed E-state index contributed by atoms with van der Waals surface area (Å²) in [6.07, 6.45) is 1.97. The monoisotopic (exact) mass is 254 g/mol. The first kappa shape index (κ1) is 12.9. The lowest BCUT2D eigenvalue weighted by atomic mass is 9.99. The first-order valence-electron chi connectivity index (χ1n) is 6.19. The molecule has 7 nitrogen and oxygen atoms in total. The van der Waals surface area contributed by atoms with Crippen LogP contribution in [0.1, 0.15) is 44.5 Å². The van der Waals surface area contributed by atoms with Gasteiger partial charge in [-0.05, 0) is 37.1 Å². The minimum atomic E-state index is -0.844. The molecule has 7 heteroatoms. The van der Waals surface area contributed by atoms with Crippen molar-refractivity contribution in [3.63, 3.8) is 0 Å². The van der Waals surface area contributed by atoms with E-state index in [1.165, 1.54) is 0 Å². The van der Waals surface area contributed by atoms with Gasteiger partial charge in [-0.25, -0.2) is 4.68 Å². The highest BCUT2D eigenvalue weighted by Gasteiger charge is 2.28. The summed E-state index contributed by atoms with van der Waals surface area (Å²) >= 11 is 0. The van der Waals surface area contributed by atoms with Gasteiger partial charge in [-0.1, -0.05) is 0 Å². The third-order valence-electron chi connectivity index (χ3n) is 3.54. The minimum Gasteiger partial charge on any atom is -0.481 e. The lowest BCUT2D eigenvalue weighted by Crippen LogP contribution is -2.27. The van der Waals surface area contributed by atoms with E-state index in [9.17, 15) is 4.79 Å². The summed E-state index contributed by atoms with van der Waals surface area (Å²) in [5.41, 5.74) is 0. The fraction of sp³-hybridized carbons (Fsp3) is 0.818. The molecule has 0 bridgehead atoms. The van der Waals surface area contributed by atoms with E-state index in [2.05, 4.69) is 15.5 Å². The SMILES string of the molecule is CC(C(=O)O)C(C)n1nnnc1C1CCCOC1. The summed E-state index contributed by atoms with van der Waals surface area (Å²) in [7, 11) is 0. The molecule has 2 heterocycles. The van der Waals surface area contributed by atoms with Crippen LogP contribution in [0.5, 0.6) is 0 Å². The highest BCUT2D eigenvalue weighted by molar-refractivity contribution is 5.70. The molecule has 1 aromatic heterocycles. The van der Waals surface area contributed by atoms with Crippen LogP contribution in [0, 0.1) is 5.92 Å². The smallest absolute Gasteiger partial charge is 0.308 e. The first-order chi connectivity index (χ1) is 8.61. The third kappa shape index (κ3) is 2.50. The van der Waals surface area contributed by atoms with Crippen LogP contribution >= 0.6 is 0 Å². The topological polar surface area (TPSA) is 90.1 Å². The highest BCUT2D eigenvalue weighted by atomic mass is 16.5. The van der Waals surface area contributed by atoms with Crippen molar-refractivity contribution < 1.29 is 14.6 Å². The van der Waals surface area contributed by atoms with Crippen molar-refractivity contribution in [3.05, 3.63) is 5.82 Å². The molecule has 0 saturated carbocycles. The zero-order chi connectivity index (χ0) is 13.1. The van der Waals surface area contributed by atoms with Gasteiger partial charge in [0.1, 0.15) is 0 Å². The van der Waals surface area contributed by atoms with Crippen LogP contribution in [-0.4, -0.2) is 44.5 Å². The number of hydrogen-bond donors (Lipinski definition) is 1. The van der Waals surface area contributed by atoms with Crippen molar-refractivity contribution in [2.45, 2.75) is 38.6 Å². The Morgan fingerprint density at radius 1 is 1.56 bits per heavy atom. The van der Waals surface area contributed by atoms with E-state index in [4.69, 9.17) is 9.84 Å². The van der Waals surface area contributed by atoms with Crippen LogP contribution in [0.3, 0.4) is 0 Å². The van der Waals surface area contributed by atoms with Crippen molar-refractivity contribution >= 4 is 5.97 Å². The number of ether oxygens (including phenoxy) is 1. The molecule has 2 rings (SSSR count). The molecule has 0 aliphatic carbocycles. The van der Waals surface area contributed by atoms with Gasteiger partial charge in [0.15, 0.2) is 5.82 Å². The van der Waals surface area contributed by atoms with Crippen molar-refractivity contribution in [2.24, 2.45) is 5.92 Å². The van der Waals surface area contributed by atoms with Crippen LogP contribution in [-0.2, 0) is 9.53 Å². The Hall–Kier alpha value is -1.50. The maximum absolute atomic E-state index is 11.0. The largest absolute Gasteiger partial charge is 0.481 e. The van der Waals surface area contributed by atoms with E-state index in [1.807, 2.05) is 6.92 Å². The zero-order valence-electron chi connectivity index (χ0n) is 10.6. The van der Waals surface area contributed by atoms with Crippen LogP contribution in [0.15, 0.2) is 0 Å². The molecule has 1 aliphatic heterocycles. The number of carboxylic acid groups (broad SMARTS) is 1. The molecule has 0 aromatic carbocycles. The number of rotatable bonds is 4.